The Hall–Kier alpha value is -5.22. The summed E-state index contributed by atoms with van der Waals surface area (Å²) in [5.41, 5.74) is 5.21. The Morgan fingerprint density at radius 1 is 0.575 bits per heavy atom. The van der Waals surface area contributed by atoms with E-state index in [-0.39, 0.29) is 0 Å². The van der Waals surface area contributed by atoms with Gasteiger partial charge in [-0.3, -0.25) is 0 Å². The van der Waals surface area contributed by atoms with Crippen molar-refractivity contribution in [3.63, 3.8) is 0 Å². The molecule has 0 saturated heterocycles. The minimum Gasteiger partial charge on any atom is -0.240 e. The van der Waals surface area contributed by atoms with Crippen LogP contribution in [0, 0.1) is 6.92 Å². The fourth-order valence-corrected chi connectivity index (χ4v) is 6.01. The van der Waals surface area contributed by atoms with Crippen LogP contribution >= 0.6 is 0 Å². The van der Waals surface area contributed by atoms with Gasteiger partial charge in [-0.05, 0) is 45.5 Å². The van der Waals surface area contributed by atoms with Crippen LogP contribution in [-0.4, -0.2) is 19.9 Å². The van der Waals surface area contributed by atoms with E-state index in [0.29, 0.717) is 6.42 Å². The van der Waals surface area contributed by atoms with Crippen molar-refractivity contribution in [3.8, 4) is 11.3 Å². The van der Waals surface area contributed by atoms with Crippen LogP contribution < -0.4 is 0 Å². The van der Waals surface area contributed by atoms with E-state index in [2.05, 4.69) is 103 Å². The standard InChI is InChI=1S/C36H24N4/c1-22-38-32-18-16-25-19-23(15-17-26(25)34(32)35(39-22)24-9-3-2-4-10-24)20-33-37-21-31-29-13-6-5-11-27(29)28-12-7-8-14-30(28)36(31)40-33/h2-19,21H,20H2,1H3. The molecular weight excluding hydrogens is 488 g/mol. The van der Waals surface area contributed by atoms with E-state index in [9.17, 15) is 0 Å². The average Bonchev–Trinajstić information content (AvgIpc) is 3.01. The van der Waals surface area contributed by atoms with E-state index in [4.69, 9.17) is 19.9 Å². The topological polar surface area (TPSA) is 51.6 Å². The number of hydrogen-bond donors (Lipinski definition) is 0. The Bertz CT molecular complexity index is 2220. The van der Waals surface area contributed by atoms with Crippen molar-refractivity contribution in [3.05, 3.63) is 133 Å². The molecule has 0 aliphatic rings. The van der Waals surface area contributed by atoms with Gasteiger partial charge in [0, 0.05) is 34.3 Å². The van der Waals surface area contributed by atoms with Gasteiger partial charge in [0.1, 0.15) is 11.6 Å². The molecule has 8 aromatic rings. The van der Waals surface area contributed by atoms with Crippen molar-refractivity contribution >= 4 is 54.1 Å². The highest BCUT2D eigenvalue weighted by Gasteiger charge is 2.14. The zero-order valence-corrected chi connectivity index (χ0v) is 22.0. The first-order chi connectivity index (χ1) is 19.7. The lowest BCUT2D eigenvalue weighted by molar-refractivity contribution is 0.997. The highest BCUT2D eigenvalue weighted by atomic mass is 14.9. The van der Waals surface area contributed by atoms with Crippen LogP contribution in [0.15, 0.2) is 115 Å². The predicted molar refractivity (Wildman–Crippen MR) is 165 cm³/mol. The van der Waals surface area contributed by atoms with Crippen LogP contribution in [0.2, 0.25) is 0 Å². The summed E-state index contributed by atoms with van der Waals surface area (Å²) in [7, 11) is 0. The van der Waals surface area contributed by atoms with E-state index in [1.807, 2.05) is 19.2 Å². The van der Waals surface area contributed by atoms with Crippen molar-refractivity contribution in [1.29, 1.82) is 0 Å². The summed E-state index contributed by atoms with van der Waals surface area (Å²) in [5.74, 6) is 1.59. The molecule has 0 spiro atoms. The molecule has 0 unspecified atom stereocenters. The maximum absolute atomic E-state index is 5.11. The van der Waals surface area contributed by atoms with E-state index < -0.39 is 0 Å². The summed E-state index contributed by atoms with van der Waals surface area (Å²) in [6.45, 7) is 1.95. The Kier molecular flexibility index (Phi) is 5.07. The molecule has 40 heavy (non-hydrogen) atoms. The molecule has 0 fully saturated rings. The highest BCUT2D eigenvalue weighted by Crippen LogP contribution is 2.35. The molecule has 8 rings (SSSR count). The molecule has 6 aromatic carbocycles. The SMILES string of the molecule is Cc1nc(-c2ccccc2)c2c(ccc3cc(Cc4ncc5c6ccccc6c6ccccc6c5n4)ccc32)n1. The first-order valence-electron chi connectivity index (χ1n) is 13.5. The predicted octanol–water partition coefficient (Wildman–Crippen LogP) is 8.60. The summed E-state index contributed by atoms with van der Waals surface area (Å²) in [5, 5.41) is 9.29. The van der Waals surface area contributed by atoms with E-state index in [0.717, 1.165) is 60.9 Å². The Balaban J connectivity index is 1.26. The molecule has 0 saturated carbocycles. The lowest BCUT2D eigenvalue weighted by Gasteiger charge is -2.12. The normalized spacial score (nSPS) is 11.7. The van der Waals surface area contributed by atoms with Gasteiger partial charge in [-0.15, -0.1) is 0 Å². The third-order valence-electron chi connectivity index (χ3n) is 7.79. The van der Waals surface area contributed by atoms with Crippen molar-refractivity contribution in [2.24, 2.45) is 0 Å². The molecule has 0 radical (unpaired) electrons. The van der Waals surface area contributed by atoms with Crippen LogP contribution in [0.4, 0.5) is 0 Å². The van der Waals surface area contributed by atoms with Crippen LogP contribution in [0.25, 0.3) is 65.4 Å². The van der Waals surface area contributed by atoms with Crippen LogP contribution in [0.5, 0.6) is 0 Å². The maximum Gasteiger partial charge on any atom is 0.133 e. The summed E-state index contributed by atoms with van der Waals surface area (Å²) < 4.78 is 0. The number of rotatable bonds is 3. The summed E-state index contributed by atoms with van der Waals surface area (Å²) in [4.78, 5) is 19.5. The summed E-state index contributed by atoms with van der Waals surface area (Å²) in [6.07, 6.45) is 2.65. The lowest BCUT2D eigenvalue weighted by atomic mass is 9.97. The van der Waals surface area contributed by atoms with Crippen LogP contribution in [0.1, 0.15) is 17.2 Å². The van der Waals surface area contributed by atoms with E-state index >= 15 is 0 Å². The van der Waals surface area contributed by atoms with Gasteiger partial charge in [0.15, 0.2) is 0 Å². The van der Waals surface area contributed by atoms with Gasteiger partial charge < -0.3 is 0 Å². The molecule has 4 nitrogen and oxygen atoms in total. The second kappa shape index (κ2) is 8.92. The zero-order valence-electron chi connectivity index (χ0n) is 22.0. The molecule has 0 N–H and O–H groups in total. The van der Waals surface area contributed by atoms with Gasteiger partial charge in [0.05, 0.1) is 16.7 Å². The maximum atomic E-state index is 5.11. The molecule has 0 aliphatic carbocycles. The van der Waals surface area contributed by atoms with Gasteiger partial charge >= 0.3 is 0 Å². The quantitative estimate of drug-likeness (QED) is 0.222. The van der Waals surface area contributed by atoms with Gasteiger partial charge in [-0.25, -0.2) is 19.9 Å². The Morgan fingerprint density at radius 2 is 1.27 bits per heavy atom. The van der Waals surface area contributed by atoms with Crippen molar-refractivity contribution < 1.29 is 0 Å². The van der Waals surface area contributed by atoms with E-state index in [1.54, 1.807) is 0 Å². The van der Waals surface area contributed by atoms with Crippen molar-refractivity contribution in [1.82, 2.24) is 19.9 Å². The summed E-state index contributed by atoms with van der Waals surface area (Å²) in [6, 6.07) is 38.3. The van der Waals surface area contributed by atoms with Crippen LogP contribution in [-0.2, 0) is 6.42 Å². The average molecular weight is 513 g/mol. The molecule has 0 bridgehead atoms. The molecule has 4 heteroatoms. The fraction of sp³-hybridized carbons (Fsp3) is 0.0556. The zero-order chi connectivity index (χ0) is 26.6. The van der Waals surface area contributed by atoms with Crippen molar-refractivity contribution in [2.45, 2.75) is 13.3 Å². The van der Waals surface area contributed by atoms with Gasteiger partial charge in [-0.2, -0.15) is 0 Å². The second-order valence-electron chi connectivity index (χ2n) is 10.3. The third-order valence-corrected chi connectivity index (χ3v) is 7.79. The number of fused-ring (bicyclic) bond motifs is 9. The number of benzene rings is 6. The Labute approximate surface area is 231 Å². The third kappa shape index (κ3) is 3.61. The molecule has 0 atom stereocenters. The van der Waals surface area contributed by atoms with Gasteiger partial charge in [0.25, 0.3) is 0 Å². The minimum atomic E-state index is 0.654. The number of hydrogen-bond acceptors (Lipinski definition) is 4. The number of aromatic nitrogens is 4. The Morgan fingerprint density at radius 3 is 2.08 bits per heavy atom. The smallest absolute Gasteiger partial charge is 0.133 e. The summed E-state index contributed by atoms with van der Waals surface area (Å²) >= 11 is 0. The second-order valence-corrected chi connectivity index (χ2v) is 10.3. The first kappa shape index (κ1) is 22.7. The van der Waals surface area contributed by atoms with Crippen molar-refractivity contribution in [2.75, 3.05) is 0 Å². The monoisotopic (exact) mass is 512 g/mol. The largest absolute Gasteiger partial charge is 0.240 e. The molecule has 188 valence electrons. The molecule has 2 aromatic heterocycles. The molecule has 0 amide bonds. The fourth-order valence-electron chi connectivity index (χ4n) is 6.01. The molecule has 2 heterocycles. The minimum absolute atomic E-state index is 0.654. The number of aryl methyl sites for hydroxylation is 1. The first-order valence-corrected chi connectivity index (χ1v) is 13.5. The van der Waals surface area contributed by atoms with E-state index in [1.165, 1.54) is 21.7 Å². The van der Waals surface area contributed by atoms with Crippen LogP contribution in [0.3, 0.4) is 0 Å². The molecular formula is C36H24N4. The lowest BCUT2D eigenvalue weighted by Crippen LogP contribution is -1.98. The van der Waals surface area contributed by atoms with Gasteiger partial charge in [-0.1, -0.05) is 103 Å². The highest BCUT2D eigenvalue weighted by molar-refractivity contribution is 6.24. The molecule has 0 aliphatic heterocycles. The number of nitrogens with zero attached hydrogens (tertiary/aromatic N) is 4. The van der Waals surface area contributed by atoms with Gasteiger partial charge in [0.2, 0.25) is 0 Å².